The van der Waals surface area contributed by atoms with Crippen LogP contribution in [-0.4, -0.2) is 34.3 Å². The number of fused-ring (bicyclic) bond motifs is 1. The Bertz CT molecular complexity index is 1240. The van der Waals surface area contributed by atoms with E-state index in [1.165, 1.54) is 10.6 Å². The Morgan fingerprint density at radius 1 is 1.21 bits per heavy atom. The Kier molecular flexibility index (Phi) is 6.79. The molecule has 3 heterocycles. The number of benzene rings is 1. The van der Waals surface area contributed by atoms with Crippen molar-refractivity contribution in [1.82, 2.24) is 14.5 Å². The predicted octanol–water partition coefficient (Wildman–Crippen LogP) is 4.67. The van der Waals surface area contributed by atoms with Gasteiger partial charge in [-0.3, -0.25) is 9.36 Å². The van der Waals surface area contributed by atoms with Gasteiger partial charge in [-0.25, -0.2) is 9.97 Å². The largest absolute Gasteiger partial charge is 0.416 e. The molecular formula is C24H28F3N5O2. The lowest BCUT2D eigenvalue weighted by molar-refractivity contribution is -0.137. The van der Waals surface area contributed by atoms with Gasteiger partial charge >= 0.3 is 6.18 Å². The summed E-state index contributed by atoms with van der Waals surface area (Å²) in [6.45, 7) is 5.57. The minimum Gasteiger partial charge on any atom is -0.381 e. The van der Waals surface area contributed by atoms with E-state index in [0.717, 1.165) is 38.2 Å². The highest BCUT2D eigenvalue weighted by Gasteiger charge is 2.30. The van der Waals surface area contributed by atoms with E-state index in [1.54, 1.807) is 33.0 Å². The summed E-state index contributed by atoms with van der Waals surface area (Å²) >= 11 is 0. The molecule has 0 spiro atoms. The van der Waals surface area contributed by atoms with Crippen molar-refractivity contribution >= 4 is 22.5 Å². The quantitative estimate of drug-likeness (QED) is 0.540. The van der Waals surface area contributed by atoms with Crippen molar-refractivity contribution < 1.29 is 17.9 Å². The summed E-state index contributed by atoms with van der Waals surface area (Å²) in [5.41, 5.74) is 0.456. The summed E-state index contributed by atoms with van der Waals surface area (Å²) in [6.07, 6.45) is -2.55. The number of anilines is 2. The van der Waals surface area contributed by atoms with Crippen molar-refractivity contribution in [2.75, 3.05) is 30.4 Å². The number of aryl methyl sites for hydroxylation is 2. The van der Waals surface area contributed by atoms with Crippen LogP contribution in [0.25, 0.3) is 11.0 Å². The molecule has 2 N–H and O–H groups in total. The third-order valence-electron chi connectivity index (χ3n) is 6.17. The smallest absolute Gasteiger partial charge is 0.381 e. The van der Waals surface area contributed by atoms with Crippen LogP contribution in [0.1, 0.15) is 42.8 Å². The third kappa shape index (κ3) is 5.16. The average molecular weight is 476 g/mol. The van der Waals surface area contributed by atoms with Gasteiger partial charge in [0.2, 0.25) is 0 Å². The lowest BCUT2D eigenvalue weighted by atomic mass is 10.0. The van der Waals surface area contributed by atoms with Crippen molar-refractivity contribution in [3.63, 3.8) is 0 Å². The first-order valence-corrected chi connectivity index (χ1v) is 11.3. The first-order chi connectivity index (χ1) is 16.1. The van der Waals surface area contributed by atoms with Crippen LogP contribution in [0.2, 0.25) is 0 Å². The summed E-state index contributed by atoms with van der Waals surface area (Å²) in [5.74, 6) is 1.32. The second-order valence-electron chi connectivity index (χ2n) is 8.70. The lowest BCUT2D eigenvalue weighted by Gasteiger charge is -2.23. The highest BCUT2D eigenvalue weighted by molar-refractivity contribution is 5.89. The maximum atomic E-state index is 13.2. The second-order valence-corrected chi connectivity index (χ2v) is 8.70. The van der Waals surface area contributed by atoms with Crippen LogP contribution in [-0.2, 0) is 18.0 Å². The minimum absolute atomic E-state index is 0.200. The van der Waals surface area contributed by atoms with E-state index in [-0.39, 0.29) is 5.56 Å². The molecule has 2 aromatic heterocycles. The van der Waals surface area contributed by atoms with Crippen LogP contribution in [0.15, 0.2) is 35.1 Å². The number of ether oxygens (including phenoxy) is 1. The van der Waals surface area contributed by atoms with Gasteiger partial charge in [0.1, 0.15) is 23.0 Å². The minimum atomic E-state index is -4.42. The monoisotopic (exact) mass is 475 g/mol. The van der Waals surface area contributed by atoms with Gasteiger partial charge in [0.15, 0.2) is 0 Å². The molecular weight excluding hydrogens is 447 g/mol. The topological polar surface area (TPSA) is 81.1 Å². The van der Waals surface area contributed by atoms with E-state index in [2.05, 4.69) is 20.6 Å². The Labute approximate surface area is 195 Å². The molecule has 4 rings (SSSR count). The van der Waals surface area contributed by atoms with Crippen LogP contribution in [0, 0.1) is 12.8 Å². The maximum Gasteiger partial charge on any atom is 0.416 e. The van der Waals surface area contributed by atoms with Gasteiger partial charge in [0.05, 0.1) is 10.9 Å². The molecule has 10 heteroatoms. The van der Waals surface area contributed by atoms with Crippen molar-refractivity contribution in [2.45, 2.75) is 38.9 Å². The Morgan fingerprint density at radius 3 is 2.65 bits per heavy atom. The fourth-order valence-corrected chi connectivity index (χ4v) is 4.15. The van der Waals surface area contributed by atoms with Crippen LogP contribution >= 0.6 is 0 Å². The molecule has 0 saturated carbocycles. The van der Waals surface area contributed by atoms with E-state index in [4.69, 9.17) is 4.74 Å². The fourth-order valence-electron chi connectivity index (χ4n) is 4.15. The molecule has 0 radical (unpaired) electrons. The molecule has 34 heavy (non-hydrogen) atoms. The van der Waals surface area contributed by atoms with Crippen molar-refractivity contribution in [3.8, 4) is 0 Å². The summed E-state index contributed by atoms with van der Waals surface area (Å²) in [5, 5.41) is 7.10. The summed E-state index contributed by atoms with van der Waals surface area (Å²) in [7, 11) is 1.65. The van der Waals surface area contributed by atoms with Crippen molar-refractivity contribution in [1.29, 1.82) is 0 Å². The van der Waals surface area contributed by atoms with Gasteiger partial charge in [-0.2, -0.15) is 13.2 Å². The van der Waals surface area contributed by atoms with Crippen molar-refractivity contribution in [3.05, 3.63) is 57.6 Å². The van der Waals surface area contributed by atoms with Crippen LogP contribution in [0.4, 0.5) is 24.7 Å². The molecule has 7 nitrogen and oxygen atoms in total. The number of rotatable bonds is 6. The zero-order valence-electron chi connectivity index (χ0n) is 19.4. The van der Waals surface area contributed by atoms with Crippen LogP contribution in [0.3, 0.4) is 0 Å². The summed E-state index contributed by atoms with van der Waals surface area (Å²) < 4.78 is 46.4. The van der Waals surface area contributed by atoms with Crippen LogP contribution in [0.5, 0.6) is 0 Å². The maximum absolute atomic E-state index is 13.2. The highest BCUT2D eigenvalue weighted by Crippen LogP contribution is 2.32. The van der Waals surface area contributed by atoms with Gasteiger partial charge in [-0.1, -0.05) is 12.1 Å². The molecule has 0 aliphatic carbocycles. The van der Waals surface area contributed by atoms with Gasteiger partial charge in [0.25, 0.3) is 5.56 Å². The molecule has 1 atom stereocenters. The number of nitrogens with one attached hydrogen (secondary N) is 2. The zero-order valence-corrected chi connectivity index (χ0v) is 19.4. The fraction of sp³-hybridized carbons (Fsp3) is 0.458. The van der Waals surface area contributed by atoms with Crippen molar-refractivity contribution in [2.24, 2.45) is 13.0 Å². The standard InChI is InChI=1S/C24H28F3N5O2/c1-14(17-5-4-6-18(11-17)24(25,26)27)29-21-19-12-20(28-13-16-7-9-34-10-8-16)23(33)32(3)22(19)31-15(2)30-21/h4-6,11-12,14,16,28H,7-10,13H2,1-3H3,(H,29,30,31)/t14-/m1/s1. The molecule has 0 unspecified atom stereocenters. The van der Waals surface area contributed by atoms with E-state index < -0.39 is 17.8 Å². The molecule has 182 valence electrons. The predicted molar refractivity (Wildman–Crippen MR) is 125 cm³/mol. The molecule has 1 fully saturated rings. The summed E-state index contributed by atoms with van der Waals surface area (Å²) in [6, 6.07) is 6.46. The van der Waals surface area contributed by atoms with Crippen LogP contribution < -0.4 is 16.2 Å². The first-order valence-electron chi connectivity index (χ1n) is 11.3. The van der Waals surface area contributed by atoms with E-state index in [9.17, 15) is 18.0 Å². The van der Waals surface area contributed by atoms with E-state index in [0.29, 0.717) is 46.4 Å². The Balaban J connectivity index is 1.66. The molecule has 1 saturated heterocycles. The number of nitrogens with zero attached hydrogens (tertiary/aromatic N) is 3. The third-order valence-corrected chi connectivity index (χ3v) is 6.17. The van der Waals surface area contributed by atoms with E-state index in [1.807, 2.05) is 0 Å². The van der Waals surface area contributed by atoms with Gasteiger partial charge < -0.3 is 15.4 Å². The van der Waals surface area contributed by atoms with Gasteiger partial charge in [-0.05, 0) is 56.4 Å². The number of aromatic nitrogens is 3. The number of pyridine rings is 1. The SMILES string of the molecule is Cc1nc(N[C@H](C)c2cccc(C(F)(F)F)c2)c2cc(NCC3CCOCC3)c(=O)n(C)c2n1. The molecule has 1 aliphatic heterocycles. The molecule has 1 aromatic carbocycles. The second kappa shape index (κ2) is 9.61. The molecule has 3 aromatic rings. The molecule has 0 amide bonds. The molecule has 0 bridgehead atoms. The number of hydrogen-bond acceptors (Lipinski definition) is 6. The number of hydrogen-bond donors (Lipinski definition) is 2. The zero-order chi connectivity index (χ0) is 24.5. The first kappa shape index (κ1) is 24.0. The van der Waals surface area contributed by atoms with Gasteiger partial charge in [0, 0.05) is 32.8 Å². The molecule has 1 aliphatic rings. The Hall–Kier alpha value is -3.14. The highest BCUT2D eigenvalue weighted by atomic mass is 19.4. The number of alkyl halides is 3. The van der Waals surface area contributed by atoms with Gasteiger partial charge in [-0.15, -0.1) is 0 Å². The Morgan fingerprint density at radius 2 is 1.94 bits per heavy atom. The van der Waals surface area contributed by atoms with E-state index >= 15 is 0 Å². The average Bonchev–Trinajstić information content (AvgIpc) is 2.81. The summed E-state index contributed by atoms with van der Waals surface area (Å²) in [4.78, 5) is 21.9. The lowest BCUT2D eigenvalue weighted by Crippen LogP contribution is -2.27. The number of halogens is 3. The normalized spacial score (nSPS) is 15.9.